The second-order valence-corrected chi connectivity index (χ2v) is 5.64. The van der Waals surface area contributed by atoms with Gasteiger partial charge in [-0.05, 0) is 42.7 Å². The van der Waals surface area contributed by atoms with Crippen LogP contribution in [0.15, 0.2) is 24.3 Å². The van der Waals surface area contributed by atoms with Gasteiger partial charge in [-0.1, -0.05) is 13.8 Å². The van der Waals surface area contributed by atoms with E-state index in [1.807, 2.05) is 20.8 Å². The third kappa shape index (κ3) is 3.61. The van der Waals surface area contributed by atoms with Crippen LogP contribution in [0.3, 0.4) is 0 Å². The molecule has 0 aliphatic heterocycles. The van der Waals surface area contributed by atoms with Crippen molar-refractivity contribution < 1.29 is 13.4 Å². The van der Waals surface area contributed by atoms with Crippen LogP contribution in [-0.2, 0) is 4.18 Å². The summed E-state index contributed by atoms with van der Waals surface area (Å²) in [6, 6.07) is 6.04. The molecule has 7 heteroatoms. The molecule has 1 aromatic heterocycles. The Hall–Kier alpha value is -2.15. The highest BCUT2D eigenvalue weighted by molar-refractivity contribution is 7.75. The molecule has 0 unspecified atom stereocenters. The lowest BCUT2D eigenvalue weighted by molar-refractivity contribution is 0.217. The Balaban J connectivity index is 2.63. The SMILES string of the molecule is Cc1c(-c2ccc(F)cc2)nc(N(C)C(=O)OS)nc1C(C)C. The second-order valence-electron chi connectivity index (χ2n) is 5.46. The van der Waals surface area contributed by atoms with Gasteiger partial charge in [0.1, 0.15) is 5.82 Å². The first-order chi connectivity index (χ1) is 10.8. The van der Waals surface area contributed by atoms with E-state index in [2.05, 4.69) is 27.1 Å². The fourth-order valence-electron chi connectivity index (χ4n) is 2.27. The lowest BCUT2D eigenvalue weighted by Crippen LogP contribution is -2.27. The molecule has 2 aromatic rings. The Morgan fingerprint density at radius 1 is 1.26 bits per heavy atom. The van der Waals surface area contributed by atoms with Gasteiger partial charge < -0.3 is 4.18 Å². The molecule has 0 fully saturated rings. The highest BCUT2D eigenvalue weighted by atomic mass is 32.1. The Bertz CT molecular complexity index is 720. The third-order valence-corrected chi connectivity index (χ3v) is 3.64. The molecule has 0 N–H and O–H groups in total. The average Bonchev–Trinajstić information content (AvgIpc) is 2.54. The molecule has 1 heterocycles. The fraction of sp³-hybridized carbons (Fsp3) is 0.312. The second kappa shape index (κ2) is 6.95. The number of amides is 1. The van der Waals surface area contributed by atoms with E-state index in [9.17, 15) is 9.18 Å². The maximum Gasteiger partial charge on any atom is 0.428 e. The van der Waals surface area contributed by atoms with Crippen molar-refractivity contribution in [1.82, 2.24) is 9.97 Å². The number of halogens is 1. The summed E-state index contributed by atoms with van der Waals surface area (Å²) >= 11 is 3.51. The zero-order valence-corrected chi connectivity index (χ0v) is 14.3. The molecule has 0 aliphatic carbocycles. The lowest BCUT2D eigenvalue weighted by Gasteiger charge is -2.19. The zero-order chi connectivity index (χ0) is 17.1. The molecule has 0 saturated heterocycles. The van der Waals surface area contributed by atoms with E-state index in [0.717, 1.165) is 16.8 Å². The molecule has 1 aromatic carbocycles. The summed E-state index contributed by atoms with van der Waals surface area (Å²) in [6.45, 7) is 5.92. The highest BCUT2D eigenvalue weighted by Crippen LogP contribution is 2.29. The summed E-state index contributed by atoms with van der Waals surface area (Å²) in [5, 5.41) is 0. The monoisotopic (exact) mass is 335 g/mol. The molecule has 0 saturated carbocycles. The minimum absolute atomic E-state index is 0.136. The highest BCUT2D eigenvalue weighted by Gasteiger charge is 2.20. The van der Waals surface area contributed by atoms with Crippen LogP contribution in [-0.4, -0.2) is 23.1 Å². The van der Waals surface area contributed by atoms with E-state index in [1.54, 1.807) is 12.1 Å². The van der Waals surface area contributed by atoms with Crippen molar-refractivity contribution in [3.05, 3.63) is 41.3 Å². The van der Waals surface area contributed by atoms with Crippen molar-refractivity contribution in [2.75, 3.05) is 11.9 Å². The largest absolute Gasteiger partial charge is 0.428 e. The number of thiol groups is 1. The molecule has 0 spiro atoms. The summed E-state index contributed by atoms with van der Waals surface area (Å²) < 4.78 is 17.6. The van der Waals surface area contributed by atoms with E-state index in [4.69, 9.17) is 0 Å². The molecule has 0 aliphatic rings. The summed E-state index contributed by atoms with van der Waals surface area (Å²) in [5.41, 5.74) is 3.11. The molecule has 1 amide bonds. The minimum Gasteiger partial charge on any atom is -0.378 e. The Labute approximate surface area is 140 Å². The van der Waals surface area contributed by atoms with Gasteiger partial charge in [-0.25, -0.2) is 24.1 Å². The third-order valence-electron chi connectivity index (χ3n) is 3.49. The Morgan fingerprint density at radius 2 is 1.87 bits per heavy atom. The zero-order valence-electron chi connectivity index (χ0n) is 13.4. The summed E-state index contributed by atoms with van der Waals surface area (Å²) in [6.07, 6.45) is -0.683. The lowest BCUT2D eigenvalue weighted by atomic mass is 10.00. The van der Waals surface area contributed by atoms with Gasteiger partial charge in [0.05, 0.1) is 11.4 Å². The number of hydrogen-bond donors (Lipinski definition) is 1. The first-order valence-corrected chi connectivity index (χ1v) is 7.45. The van der Waals surface area contributed by atoms with Crippen molar-refractivity contribution in [3.63, 3.8) is 0 Å². The molecule has 0 bridgehead atoms. The number of rotatable bonds is 3. The van der Waals surface area contributed by atoms with Crippen molar-refractivity contribution in [3.8, 4) is 11.3 Å². The predicted octanol–water partition coefficient (Wildman–Crippen LogP) is 4.13. The van der Waals surface area contributed by atoms with E-state index >= 15 is 0 Å². The van der Waals surface area contributed by atoms with Gasteiger partial charge in [0.25, 0.3) is 0 Å². The first-order valence-electron chi connectivity index (χ1n) is 7.08. The topological polar surface area (TPSA) is 55.3 Å². The number of aromatic nitrogens is 2. The van der Waals surface area contributed by atoms with Gasteiger partial charge in [0.15, 0.2) is 0 Å². The van der Waals surface area contributed by atoms with Gasteiger partial charge >= 0.3 is 6.09 Å². The number of carbonyl (C=O) groups is 1. The van der Waals surface area contributed by atoms with E-state index < -0.39 is 6.09 Å². The van der Waals surface area contributed by atoms with Crippen LogP contribution in [0.4, 0.5) is 15.1 Å². The predicted molar refractivity (Wildman–Crippen MR) is 90.1 cm³/mol. The number of nitrogens with zero attached hydrogens (tertiary/aromatic N) is 3. The summed E-state index contributed by atoms with van der Waals surface area (Å²) in [5.74, 6) is 0.0228. The average molecular weight is 335 g/mol. The van der Waals surface area contributed by atoms with Crippen LogP contribution < -0.4 is 4.90 Å². The van der Waals surface area contributed by atoms with Gasteiger partial charge in [-0.3, -0.25) is 0 Å². The van der Waals surface area contributed by atoms with Crippen LogP contribution in [0.2, 0.25) is 0 Å². The van der Waals surface area contributed by atoms with Gasteiger partial charge in [0, 0.05) is 25.5 Å². The molecule has 122 valence electrons. The first kappa shape index (κ1) is 17.2. The van der Waals surface area contributed by atoms with Crippen molar-refractivity contribution in [2.45, 2.75) is 26.7 Å². The summed E-state index contributed by atoms with van der Waals surface area (Å²) in [4.78, 5) is 21.7. The molecule has 5 nitrogen and oxygen atoms in total. The number of anilines is 1. The summed E-state index contributed by atoms with van der Waals surface area (Å²) in [7, 11) is 1.50. The molecule has 23 heavy (non-hydrogen) atoms. The number of benzene rings is 1. The molecule has 2 rings (SSSR count). The van der Waals surface area contributed by atoms with Crippen LogP contribution in [0, 0.1) is 12.7 Å². The normalized spacial score (nSPS) is 10.7. The minimum atomic E-state index is -0.683. The molecular formula is C16H18FN3O2S. The molecular weight excluding hydrogens is 317 g/mol. The fourth-order valence-corrected chi connectivity index (χ4v) is 2.39. The molecule has 0 atom stereocenters. The standard InChI is InChI=1S/C16H18FN3O2S/c1-9(2)13-10(3)14(11-5-7-12(17)8-6-11)19-15(18-13)20(4)16(21)22-23/h5-9,23H,1-4H3. The van der Waals surface area contributed by atoms with E-state index in [0.29, 0.717) is 5.69 Å². The maximum atomic E-state index is 13.2. The van der Waals surface area contributed by atoms with Gasteiger partial charge in [0.2, 0.25) is 5.95 Å². The number of carbonyl (C=O) groups excluding carboxylic acids is 1. The van der Waals surface area contributed by atoms with Crippen molar-refractivity contribution in [1.29, 1.82) is 0 Å². The van der Waals surface area contributed by atoms with E-state index in [1.165, 1.54) is 24.1 Å². The van der Waals surface area contributed by atoms with Crippen molar-refractivity contribution >= 4 is 25.0 Å². The molecule has 0 radical (unpaired) electrons. The van der Waals surface area contributed by atoms with Crippen LogP contribution in [0.25, 0.3) is 11.3 Å². The maximum absolute atomic E-state index is 13.2. The Kier molecular flexibility index (Phi) is 5.20. The van der Waals surface area contributed by atoms with E-state index in [-0.39, 0.29) is 17.7 Å². The quantitative estimate of drug-likeness (QED) is 0.677. The van der Waals surface area contributed by atoms with Gasteiger partial charge in [-0.2, -0.15) is 0 Å². The van der Waals surface area contributed by atoms with Crippen LogP contribution in [0.5, 0.6) is 0 Å². The smallest absolute Gasteiger partial charge is 0.378 e. The number of hydrogen-bond acceptors (Lipinski definition) is 5. The van der Waals surface area contributed by atoms with Crippen LogP contribution in [0.1, 0.15) is 31.0 Å². The Morgan fingerprint density at radius 3 is 2.39 bits per heavy atom. The van der Waals surface area contributed by atoms with Gasteiger partial charge in [-0.15, -0.1) is 0 Å². The van der Waals surface area contributed by atoms with Crippen molar-refractivity contribution in [2.24, 2.45) is 0 Å². The van der Waals surface area contributed by atoms with Crippen LogP contribution >= 0.6 is 12.9 Å².